The second-order valence-corrected chi connectivity index (χ2v) is 8.24. The lowest BCUT2D eigenvalue weighted by Crippen LogP contribution is -2.33. The first-order valence-electron chi connectivity index (χ1n) is 7.38. The molecule has 0 fully saturated rings. The summed E-state index contributed by atoms with van der Waals surface area (Å²) >= 11 is 1.61. The van der Waals surface area contributed by atoms with Gasteiger partial charge in [0.25, 0.3) is 10.0 Å². The average Bonchev–Trinajstić information content (AvgIpc) is 2.53. The Morgan fingerprint density at radius 2 is 2.08 bits per heavy atom. The van der Waals surface area contributed by atoms with E-state index in [4.69, 9.17) is 0 Å². The van der Waals surface area contributed by atoms with Gasteiger partial charge < -0.3 is 4.90 Å². The van der Waals surface area contributed by atoms with Crippen LogP contribution in [0.1, 0.15) is 12.6 Å². The van der Waals surface area contributed by atoms with E-state index >= 15 is 0 Å². The molecule has 0 spiro atoms. The highest BCUT2D eigenvalue weighted by atomic mass is 32.2. The summed E-state index contributed by atoms with van der Waals surface area (Å²) in [5.41, 5.74) is 1.36. The summed E-state index contributed by atoms with van der Waals surface area (Å²) in [5.74, 6) is 0.967. The van der Waals surface area contributed by atoms with Crippen molar-refractivity contribution >= 4 is 39.2 Å². The fourth-order valence-electron chi connectivity index (χ4n) is 2.49. The van der Waals surface area contributed by atoms with Gasteiger partial charge in [0, 0.05) is 29.8 Å². The lowest BCUT2D eigenvalue weighted by atomic mass is 10.2. The molecule has 126 valence electrons. The summed E-state index contributed by atoms with van der Waals surface area (Å²) in [6.07, 6.45) is 0. The Hall–Kier alpha value is -2.06. The maximum Gasteiger partial charge on any atom is 0.263 e. The Balaban J connectivity index is 1.97. The molecule has 0 saturated carbocycles. The van der Waals surface area contributed by atoms with Crippen LogP contribution in [0.15, 0.2) is 46.2 Å². The number of hydrogen-bond donors (Lipinski definition) is 1. The third kappa shape index (κ3) is 3.39. The molecular weight excluding hydrogens is 346 g/mol. The second kappa shape index (κ2) is 6.45. The zero-order chi connectivity index (χ0) is 17.3. The number of carbonyl (C=O) groups excluding carboxylic acids is 1. The number of carbonyl (C=O) groups is 1. The van der Waals surface area contributed by atoms with Gasteiger partial charge in [-0.3, -0.25) is 9.52 Å². The van der Waals surface area contributed by atoms with Crippen LogP contribution in [-0.2, 0) is 14.8 Å². The van der Waals surface area contributed by atoms with Crippen LogP contribution < -0.4 is 9.62 Å². The number of benzene rings is 1. The number of sulfonamides is 1. The van der Waals surface area contributed by atoms with Crippen molar-refractivity contribution in [1.29, 1.82) is 0 Å². The van der Waals surface area contributed by atoms with Crippen LogP contribution in [0.4, 0.5) is 11.5 Å². The van der Waals surface area contributed by atoms with Crippen molar-refractivity contribution in [2.75, 3.05) is 21.9 Å². The molecule has 0 saturated heterocycles. The van der Waals surface area contributed by atoms with Crippen LogP contribution in [0.3, 0.4) is 0 Å². The molecule has 24 heavy (non-hydrogen) atoms. The van der Waals surface area contributed by atoms with Crippen LogP contribution in [0.25, 0.3) is 0 Å². The normalized spacial score (nSPS) is 14.2. The van der Waals surface area contributed by atoms with Crippen molar-refractivity contribution in [2.45, 2.75) is 23.6 Å². The first-order valence-corrected chi connectivity index (χ1v) is 9.85. The zero-order valence-corrected chi connectivity index (χ0v) is 14.9. The molecule has 1 amide bonds. The molecule has 3 rings (SSSR count). The highest BCUT2D eigenvalue weighted by Crippen LogP contribution is 2.36. The molecule has 1 aromatic carbocycles. The van der Waals surface area contributed by atoms with Gasteiger partial charge in [-0.2, -0.15) is 0 Å². The van der Waals surface area contributed by atoms with E-state index < -0.39 is 10.0 Å². The van der Waals surface area contributed by atoms with Crippen LogP contribution in [0.2, 0.25) is 0 Å². The lowest BCUT2D eigenvalue weighted by molar-refractivity contribution is -0.116. The predicted octanol–water partition coefficient (Wildman–Crippen LogP) is 2.65. The van der Waals surface area contributed by atoms with Crippen molar-refractivity contribution in [1.82, 2.24) is 4.98 Å². The summed E-state index contributed by atoms with van der Waals surface area (Å²) in [4.78, 5) is 18.6. The first-order chi connectivity index (χ1) is 11.4. The fraction of sp³-hybridized carbons (Fsp3) is 0.250. The molecule has 0 unspecified atom stereocenters. The molecule has 1 N–H and O–H groups in total. The van der Waals surface area contributed by atoms with Crippen molar-refractivity contribution < 1.29 is 13.2 Å². The summed E-state index contributed by atoms with van der Waals surface area (Å²) in [6, 6.07) is 9.96. The molecule has 0 radical (unpaired) electrons. The summed E-state index contributed by atoms with van der Waals surface area (Å²) in [7, 11) is -3.77. The van der Waals surface area contributed by atoms with Gasteiger partial charge in [0.15, 0.2) is 0 Å². The van der Waals surface area contributed by atoms with Gasteiger partial charge in [0.1, 0.15) is 5.82 Å². The number of amides is 1. The molecule has 1 aliphatic rings. The minimum Gasteiger partial charge on any atom is -0.311 e. The van der Waals surface area contributed by atoms with E-state index in [0.29, 0.717) is 12.2 Å². The number of nitrogens with zero attached hydrogens (tertiary/aromatic N) is 2. The number of rotatable bonds is 3. The standard InChI is InChI=1S/C16H17N3O3S2/c1-11-4-3-5-16(17-11)18-24(21,22)13-6-7-15-14(10-13)19(12(2)20)8-9-23-15/h3-7,10H,8-9H2,1-2H3,(H,17,18). The van der Waals surface area contributed by atoms with Crippen LogP contribution >= 0.6 is 11.8 Å². The monoisotopic (exact) mass is 363 g/mol. The molecule has 2 aromatic rings. The number of fused-ring (bicyclic) bond motifs is 1. The SMILES string of the molecule is CC(=O)N1CCSc2ccc(S(=O)(=O)Nc3cccc(C)n3)cc21. The Labute approximate surface area is 145 Å². The van der Waals surface area contributed by atoms with E-state index in [1.165, 1.54) is 6.92 Å². The molecule has 0 bridgehead atoms. The minimum absolute atomic E-state index is 0.0978. The molecule has 0 aliphatic carbocycles. The van der Waals surface area contributed by atoms with Crippen LogP contribution in [0.5, 0.6) is 0 Å². The minimum atomic E-state index is -3.77. The number of hydrogen-bond acceptors (Lipinski definition) is 5. The van der Waals surface area contributed by atoms with E-state index in [2.05, 4.69) is 9.71 Å². The van der Waals surface area contributed by atoms with Crippen LogP contribution in [-0.4, -0.2) is 31.6 Å². The number of aryl methyl sites for hydroxylation is 1. The number of nitrogens with one attached hydrogen (secondary N) is 1. The Morgan fingerprint density at radius 3 is 2.79 bits per heavy atom. The second-order valence-electron chi connectivity index (χ2n) is 5.42. The van der Waals surface area contributed by atoms with Gasteiger partial charge in [0.2, 0.25) is 5.91 Å². The third-order valence-electron chi connectivity index (χ3n) is 3.61. The molecule has 0 atom stereocenters. The van der Waals surface area contributed by atoms with E-state index in [1.54, 1.807) is 60.0 Å². The number of thioether (sulfide) groups is 1. The van der Waals surface area contributed by atoms with E-state index in [-0.39, 0.29) is 16.6 Å². The lowest BCUT2D eigenvalue weighted by Gasteiger charge is -2.28. The van der Waals surface area contributed by atoms with Gasteiger partial charge in [-0.15, -0.1) is 11.8 Å². The highest BCUT2D eigenvalue weighted by molar-refractivity contribution is 7.99. The number of aromatic nitrogens is 1. The Kier molecular flexibility index (Phi) is 4.51. The van der Waals surface area contributed by atoms with Gasteiger partial charge in [0.05, 0.1) is 10.6 Å². The maximum atomic E-state index is 12.6. The highest BCUT2D eigenvalue weighted by Gasteiger charge is 2.24. The molecule has 1 aromatic heterocycles. The summed E-state index contributed by atoms with van der Waals surface area (Å²) in [6.45, 7) is 3.85. The largest absolute Gasteiger partial charge is 0.311 e. The molecule has 8 heteroatoms. The fourth-order valence-corrected chi connectivity index (χ4v) is 4.48. The summed E-state index contributed by atoms with van der Waals surface area (Å²) in [5, 5.41) is 0. The number of pyridine rings is 1. The van der Waals surface area contributed by atoms with Crippen molar-refractivity contribution in [3.05, 3.63) is 42.1 Å². The van der Waals surface area contributed by atoms with E-state index in [0.717, 1.165) is 16.3 Å². The first kappa shape index (κ1) is 16.8. The Morgan fingerprint density at radius 1 is 1.29 bits per heavy atom. The van der Waals surface area contributed by atoms with E-state index in [9.17, 15) is 13.2 Å². The smallest absolute Gasteiger partial charge is 0.263 e. The van der Waals surface area contributed by atoms with Gasteiger partial charge in [-0.25, -0.2) is 13.4 Å². The molecule has 6 nitrogen and oxygen atoms in total. The van der Waals surface area contributed by atoms with Gasteiger partial charge >= 0.3 is 0 Å². The van der Waals surface area contributed by atoms with Gasteiger partial charge in [-0.1, -0.05) is 6.07 Å². The summed E-state index contributed by atoms with van der Waals surface area (Å²) < 4.78 is 27.7. The molecule has 1 aliphatic heterocycles. The molecule has 2 heterocycles. The topological polar surface area (TPSA) is 79.4 Å². The Bertz CT molecular complexity index is 897. The van der Waals surface area contributed by atoms with Gasteiger partial charge in [-0.05, 0) is 37.3 Å². The van der Waals surface area contributed by atoms with E-state index in [1.807, 2.05) is 0 Å². The zero-order valence-electron chi connectivity index (χ0n) is 13.3. The molecular formula is C16H17N3O3S2. The van der Waals surface area contributed by atoms with Crippen LogP contribution in [0, 0.1) is 6.92 Å². The van der Waals surface area contributed by atoms with Crippen molar-refractivity contribution in [3.63, 3.8) is 0 Å². The third-order valence-corrected chi connectivity index (χ3v) is 6.01. The number of anilines is 2. The average molecular weight is 363 g/mol. The predicted molar refractivity (Wildman–Crippen MR) is 95.0 cm³/mol. The maximum absolute atomic E-state index is 12.6. The van der Waals surface area contributed by atoms with Crippen molar-refractivity contribution in [2.24, 2.45) is 0 Å². The van der Waals surface area contributed by atoms with Crippen molar-refractivity contribution in [3.8, 4) is 0 Å². The quantitative estimate of drug-likeness (QED) is 0.907.